The van der Waals surface area contributed by atoms with E-state index in [9.17, 15) is 9.59 Å². The Morgan fingerprint density at radius 2 is 1.76 bits per heavy atom. The molecule has 0 spiro atoms. The van der Waals surface area contributed by atoms with Crippen LogP contribution in [0.5, 0.6) is 0 Å². The number of hydrogen-bond acceptors (Lipinski definition) is 8. The van der Waals surface area contributed by atoms with Crippen LogP contribution in [0.2, 0.25) is 0 Å². The Morgan fingerprint density at radius 3 is 2.47 bits per heavy atom. The Labute approximate surface area is 200 Å². The number of aryl methyl sites for hydroxylation is 2. The van der Waals surface area contributed by atoms with E-state index in [1.54, 1.807) is 13.8 Å². The second-order valence-electron chi connectivity index (χ2n) is 9.52. The fraction of sp³-hybridized carbons (Fsp3) is 0.435. The third kappa shape index (κ3) is 4.23. The van der Waals surface area contributed by atoms with E-state index < -0.39 is 5.60 Å². The van der Waals surface area contributed by atoms with Crippen molar-refractivity contribution in [3.8, 4) is 11.4 Å². The van der Waals surface area contributed by atoms with Gasteiger partial charge in [0.25, 0.3) is 5.56 Å². The van der Waals surface area contributed by atoms with Crippen molar-refractivity contribution in [3.63, 3.8) is 0 Å². The average molecular weight is 482 g/mol. The number of carbonyl (C=O) groups is 1. The highest BCUT2D eigenvalue weighted by molar-refractivity contribution is 7.20. The van der Waals surface area contributed by atoms with Gasteiger partial charge < -0.3 is 14.5 Å². The molecule has 0 saturated carbocycles. The van der Waals surface area contributed by atoms with Crippen molar-refractivity contribution < 1.29 is 9.53 Å². The molecule has 0 aromatic carbocycles. The predicted octanol–water partition coefficient (Wildman–Crippen LogP) is 3.14. The summed E-state index contributed by atoms with van der Waals surface area (Å²) < 4.78 is 8.77. The molecule has 34 heavy (non-hydrogen) atoms. The van der Waals surface area contributed by atoms with Crippen LogP contribution in [0.15, 0.2) is 29.3 Å². The van der Waals surface area contributed by atoms with Crippen LogP contribution < -0.4 is 10.5 Å². The van der Waals surface area contributed by atoms with Gasteiger partial charge in [0.2, 0.25) is 0 Å². The number of ether oxygens (including phenoxy) is 1. The number of carbonyl (C=O) groups excluding carboxylic acids is 1. The number of piperazine rings is 1. The first-order chi connectivity index (χ1) is 16.1. The summed E-state index contributed by atoms with van der Waals surface area (Å²) in [6.07, 6.45) is 3.39. The second-order valence-corrected chi connectivity index (χ2v) is 10.5. The number of anilines is 1. The van der Waals surface area contributed by atoms with Gasteiger partial charge in [0.05, 0.1) is 17.6 Å². The molecule has 5 heterocycles. The molecular weight excluding hydrogens is 454 g/mol. The van der Waals surface area contributed by atoms with Crippen molar-refractivity contribution in [1.82, 2.24) is 28.9 Å². The van der Waals surface area contributed by atoms with Gasteiger partial charge >= 0.3 is 6.09 Å². The minimum absolute atomic E-state index is 0.156. The smallest absolute Gasteiger partial charge is 0.410 e. The first-order valence-electron chi connectivity index (χ1n) is 11.2. The number of imidazole rings is 1. The van der Waals surface area contributed by atoms with E-state index in [-0.39, 0.29) is 11.7 Å². The highest BCUT2D eigenvalue weighted by Crippen LogP contribution is 2.28. The van der Waals surface area contributed by atoms with Crippen LogP contribution in [-0.4, -0.2) is 66.8 Å². The van der Waals surface area contributed by atoms with E-state index in [1.165, 1.54) is 17.4 Å². The molecule has 10 nitrogen and oxygen atoms in total. The van der Waals surface area contributed by atoms with Crippen LogP contribution in [0, 0.1) is 13.8 Å². The molecule has 4 aromatic heterocycles. The maximum Gasteiger partial charge on any atom is 0.410 e. The van der Waals surface area contributed by atoms with Crippen LogP contribution in [0.1, 0.15) is 32.0 Å². The van der Waals surface area contributed by atoms with Crippen molar-refractivity contribution in [2.75, 3.05) is 31.1 Å². The molecule has 0 radical (unpaired) electrons. The van der Waals surface area contributed by atoms with Gasteiger partial charge in [0, 0.05) is 38.4 Å². The summed E-state index contributed by atoms with van der Waals surface area (Å²) in [6, 6.07) is 3.42. The van der Waals surface area contributed by atoms with Gasteiger partial charge in [-0.05, 0) is 46.2 Å². The molecule has 1 aliphatic heterocycles. The SMILES string of the molecule is Cc1cn2nc(-c3cc(=O)n4cc(N5CCN(C(=O)OC(C)(C)C)CC5)sc4n3)cc(C)c2n1. The van der Waals surface area contributed by atoms with E-state index in [0.29, 0.717) is 42.5 Å². The van der Waals surface area contributed by atoms with E-state index in [0.717, 1.165) is 21.9 Å². The van der Waals surface area contributed by atoms with Crippen molar-refractivity contribution in [2.45, 2.75) is 40.2 Å². The first-order valence-corrected chi connectivity index (χ1v) is 12.0. The van der Waals surface area contributed by atoms with E-state index in [2.05, 4.69) is 15.0 Å². The van der Waals surface area contributed by atoms with Gasteiger partial charge in [-0.2, -0.15) is 5.10 Å². The number of hydrogen-bond donors (Lipinski definition) is 0. The predicted molar refractivity (Wildman–Crippen MR) is 131 cm³/mol. The maximum absolute atomic E-state index is 12.9. The fourth-order valence-electron chi connectivity index (χ4n) is 3.97. The fourth-order valence-corrected chi connectivity index (χ4v) is 5.02. The monoisotopic (exact) mass is 481 g/mol. The second kappa shape index (κ2) is 8.08. The topological polar surface area (TPSA) is 97.3 Å². The number of nitrogens with zero attached hydrogens (tertiary/aromatic N) is 7. The minimum atomic E-state index is -0.515. The third-order valence-electron chi connectivity index (χ3n) is 5.59. The first kappa shape index (κ1) is 22.3. The summed E-state index contributed by atoms with van der Waals surface area (Å²) in [4.78, 5) is 38.9. The van der Waals surface area contributed by atoms with Crippen LogP contribution in [0.3, 0.4) is 0 Å². The molecule has 0 aliphatic carbocycles. The van der Waals surface area contributed by atoms with Gasteiger partial charge in [0.15, 0.2) is 10.6 Å². The van der Waals surface area contributed by atoms with Crippen molar-refractivity contribution in [3.05, 3.63) is 46.1 Å². The van der Waals surface area contributed by atoms with E-state index >= 15 is 0 Å². The Balaban J connectivity index is 1.39. The molecule has 0 unspecified atom stereocenters. The number of aromatic nitrogens is 5. The van der Waals surface area contributed by atoms with Crippen LogP contribution >= 0.6 is 11.3 Å². The lowest BCUT2D eigenvalue weighted by Crippen LogP contribution is -2.50. The average Bonchev–Trinajstić information content (AvgIpc) is 3.36. The Kier molecular flexibility index (Phi) is 5.31. The summed E-state index contributed by atoms with van der Waals surface area (Å²) in [6.45, 7) is 11.9. The molecule has 1 saturated heterocycles. The molecule has 5 rings (SSSR count). The lowest BCUT2D eigenvalue weighted by atomic mass is 10.2. The third-order valence-corrected chi connectivity index (χ3v) is 6.63. The van der Waals surface area contributed by atoms with Gasteiger partial charge in [0.1, 0.15) is 16.3 Å². The van der Waals surface area contributed by atoms with Crippen molar-refractivity contribution >= 4 is 33.0 Å². The maximum atomic E-state index is 12.9. The van der Waals surface area contributed by atoms with Crippen molar-refractivity contribution in [1.29, 1.82) is 0 Å². The van der Waals surface area contributed by atoms with Gasteiger partial charge in [-0.25, -0.2) is 19.3 Å². The molecule has 0 bridgehead atoms. The molecule has 1 fully saturated rings. The zero-order valence-corrected chi connectivity index (χ0v) is 20.7. The van der Waals surface area contributed by atoms with Gasteiger partial charge in [-0.3, -0.25) is 9.20 Å². The Morgan fingerprint density at radius 1 is 1.03 bits per heavy atom. The Bertz CT molecular complexity index is 1460. The number of rotatable bonds is 2. The number of amides is 1. The van der Waals surface area contributed by atoms with E-state index in [4.69, 9.17) is 9.72 Å². The molecule has 4 aromatic rings. The highest BCUT2D eigenvalue weighted by Gasteiger charge is 2.27. The normalized spacial score (nSPS) is 14.9. The highest BCUT2D eigenvalue weighted by atomic mass is 32.1. The zero-order valence-electron chi connectivity index (χ0n) is 19.9. The Hall–Kier alpha value is -3.47. The van der Waals surface area contributed by atoms with Crippen LogP contribution in [-0.2, 0) is 4.74 Å². The largest absolute Gasteiger partial charge is 0.444 e. The standard InChI is InChI=1S/C23H27N7O3S/c1-14-10-17(26-30-12-15(2)24-20(14)30)16-11-18(31)29-13-19(34-21(29)25-16)27-6-8-28(9-7-27)22(32)33-23(3,4)5/h10-13H,6-9H2,1-5H3. The van der Waals surface area contributed by atoms with Crippen LogP contribution in [0.25, 0.3) is 22.0 Å². The zero-order chi connectivity index (χ0) is 24.2. The lowest BCUT2D eigenvalue weighted by Gasteiger charge is -2.35. The summed E-state index contributed by atoms with van der Waals surface area (Å²) in [5, 5.41) is 5.55. The number of thiazole rings is 1. The molecule has 1 amide bonds. The molecule has 0 atom stereocenters. The van der Waals surface area contributed by atoms with Gasteiger partial charge in [-0.15, -0.1) is 0 Å². The molecular formula is C23H27N7O3S. The van der Waals surface area contributed by atoms with Gasteiger partial charge in [-0.1, -0.05) is 11.3 Å². The van der Waals surface area contributed by atoms with Crippen molar-refractivity contribution in [2.24, 2.45) is 0 Å². The summed E-state index contributed by atoms with van der Waals surface area (Å²) in [5.41, 5.74) is 3.13. The molecule has 1 aliphatic rings. The molecule has 0 N–H and O–H groups in total. The summed E-state index contributed by atoms with van der Waals surface area (Å²) in [5.74, 6) is 0. The molecule has 11 heteroatoms. The molecule has 178 valence electrons. The number of fused-ring (bicyclic) bond motifs is 2. The quantitative estimate of drug-likeness (QED) is 0.434. The minimum Gasteiger partial charge on any atom is -0.444 e. The summed E-state index contributed by atoms with van der Waals surface area (Å²) >= 11 is 1.45. The lowest BCUT2D eigenvalue weighted by molar-refractivity contribution is 0.0241. The van der Waals surface area contributed by atoms with E-state index in [1.807, 2.05) is 53.1 Å². The summed E-state index contributed by atoms with van der Waals surface area (Å²) in [7, 11) is 0. The van der Waals surface area contributed by atoms with Crippen LogP contribution in [0.4, 0.5) is 9.80 Å².